The highest BCUT2D eigenvalue weighted by Gasteiger charge is 2.27. The van der Waals surface area contributed by atoms with Crippen molar-refractivity contribution in [3.05, 3.63) is 46.4 Å². The Morgan fingerprint density at radius 1 is 1.25 bits per heavy atom. The fourth-order valence-electron chi connectivity index (χ4n) is 4.18. The minimum atomic E-state index is -0.00999. The van der Waals surface area contributed by atoms with E-state index in [0.29, 0.717) is 19.8 Å². The molecule has 0 aliphatic carbocycles. The maximum Gasteiger partial charge on any atom is 0.253 e. The van der Waals surface area contributed by atoms with Gasteiger partial charge in [-0.3, -0.25) is 9.78 Å². The van der Waals surface area contributed by atoms with Gasteiger partial charge in [0.25, 0.3) is 5.91 Å². The first kappa shape index (κ1) is 17.4. The number of anilines is 1. The van der Waals surface area contributed by atoms with Gasteiger partial charge < -0.3 is 19.7 Å². The quantitative estimate of drug-likeness (QED) is 0.878. The highest BCUT2D eigenvalue weighted by Crippen LogP contribution is 2.29. The van der Waals surface area contributed by atoms with Crippen LogP contribution in [0.4, 0.5) is 5.82 Å². The lowest BCUT2D eigenvalue weighted by Gasteiger charge is -2.34. The number of nitrogens with one attached hydrogen (secondary N) is 1. The lowest BCUT2D eigenvalue weighted by molar-refractivity contribution is 0.0965. The number of aromatic nitrogens is 2. The summed E-state index contributed by atoms with van der Waals surface area (Å²) >= 11 is 0. The van der Waals surface area contributed by atoms with E-state index in [1.54, 1.807) is 6.20 Å². The van der Waals surface area contributed by atoms with Gasteiger partial charge in [0.2, 0.25) is 0 Å². The Bertz CT molecular complexity index is 922. The normalized spacial score (nSPS) is 18.8. The zero-order valence-electron chi connectivity index (χ0n) is 16.0. The highest BCUT2D eigenvalue weighted by atomic mass is 16.5. The van der Waals surface area contributed by atoms with Crippen LogP contribution in [0.25, 0.3) is 0 Å². The van der Waals surface area contributed by atoms with Crippen LogP contribution in [0, 0.1) is 0 Å². The smallest absolute Gasteiger partial charge is 0.253 e. The summed E-state index contributed by atoms with van der Waals surface area (Å²) in [5.41, 5.74) is 4.88. The van der Waals surface area contributed by atoms with Gasteiger partial charge in [0.05, 0.1) is 42.9 Å². The number of piperidine rings is 1. The minimum Gasteiger partial charge on any atom is -0.489 e. The summed E-state index contributed by atoms with van der Waals surface area (Å²) in [4.78, 5) is 23.5. The SMILES string of the molecule is CCc1cc2c(nc1N1CCC(Oc3cnc4c(c3)COC4)CC1)CNC2=O. The van der Waals surface area contributed by atoms with Crippen LogP contribution in [-0.4, -0.2) is 35.1 Å². The van der Waals surface area contributed by atoms with Crippen LogP contribution < -0.4 is 15.0 Å². The van der Waals surface area contributed by atoms with Crippen molar-refractivity contribution in [2.24, 2.45) is 0 Å². The number of ether oxygens (including phenoxy) is 2. The molecule has 0 unspecified atom stereocenters. The molecule has 7 heteroatoms. The summed E-state index contributed by atoms with van der Waals surface area (Å²) in [6, 6.07) is 4.07. The van der Waals surface area contributed by atoms with Gasteiger partial charge in [-0.1, -0.05) is 6.92 Å². The monoisotopic (exact) mass is 380 g/mol. The molecule has 0 atom stereocenters. The molecule has 0 bridgehead atoms. The van der Waals surface area contributed by atoms with Crippen molar-refractivity contribution in [3.63, 3.8) is 0 Å². The number of fused-ring (bicyclic) bond motifs is 2. The first-order valence-corrected chi connectivity index (χ1v) is 9.99. The lowest BCUT2D eigenvalue weighted by Crippen LogP contribution is -2.39. The molecular weight excluding hydrogens is 356 g/mol. The molecule has 0 aromatic carbocycles. The van der Waals surface area contributed by atoms with Crippen LogP contribution in [0.3, 0.4) is 0 Å². The standard InChI is InChI=1S/C21H24N4O3/c1-2-13-8-17-18(10-23-21(17)26)24-20(13)25-5-3-15(4-6-25)28-16-7-14-11-27-12-19(14)22-9-16/h7-9,15H,2-6,10-12H2,1H3,(H,23,26). The lowest BCUT2D eigenvalue weighted by atomic mass is 10.0. The van der Waals surface area contributed by atoms with Gasteiger partial charge in [0.15, 0.2) is 0 Å². The van der Waals surface area contributed by atoms with Crippen molar-refractivity contribution in [3.8, 4) is 5.75 Å². The molecule has 3 aliphatic heterocycles. The second-order valence-corrected chi connectivity index (χ2v) is 7.58. The van der Waals surface area contributed by atoms with Crippen LogP contribution in [0.5, 0.6) is 5.75 Å². The molecule has 0 saturated carbocycles. The molecule has 3 aliphatic rings. The predicted molar refractivity (Wildman–Crippen MR) is 103 cm³/mol. The highest BCUT2D eigenvalue weighted by molar-refractivity contribution is 5.98. The fraction of sp³-hybridized carbons (Fsp3) is 0.476. The van der Waals surface area contributed by atoms with E-state index in [9.17, 15) is 4.79 Å². The Hall–Kier alpha value is -2.67. The van der Waals surface area contributed by atoms with Gasteiger partial charge in [-0.2, -0.15) is 0 Å². The third kappa shape index (κ3) is 3.09. The van der Waals surface area contributed by atoms with Gasteiger partial charge in [0.1, 0.15) is 17.7 Å². The second kappa shape index (κ2) is 7.05. The summed E-state index contributed by atoms with van der Waals surface area (Å²) < 4.78 is 11.6. The topological polar surface area (TPSA) is 76.6 Å². The molecule has 0 spiro atoms. The molecule has 5 rings (SSSR count). The summed E-state index contributed by atoms with van der Waals surface area (Å²) in [5.74, 6) is 1.84. The zero-order valence-corrected chi connectivity index (χ0v) is 16.0. The number of pyridine rings is 2. The fourth-order valence-corrected chi connectivity index (χ4v) is 4.18. The molecule has 5 heterocycles. The molecule has 7 nitrogen and oxygen atoms in total. The van der Waals surface area contributed by atoms with E-state index in [-0.39, 0.29) is 12.0 Å². The Labute approximate surface area is 164 Å². The Morgan fingerprint density at radius 2 is 2.11 bits per heavy atom. The zero-order chi connectivity index (χ0) is 19.1. The van der Waals surface area contributed by atoms with E-state index in [2.05, 4.69) is 28.2 Å². The molecule has 1 fully saturated rings. The van der Waals surface area contributed by atoms with Crippen LogP contribution in [0.15, 0.2) is 18.3 Å². The Morgan fingerprint density at radius 3 is 2.93 bits per heavy atom. The number of aryl methyl sites for hydroxylation is 1. The average Bonchev–Trinajstić information content (AvgIpc) is 3.34. The molecule has 1 N–H and O–H groups in total. The average molecular weight is 380 g/mol. The van der Waals surface area contributed by atoms with Crippen LogP contribution in [0.2, 0.25) is 0 Å². The summed E-state index contributed by atoms with van der Waals surface area (Å²) in [6.07, 6.45) is 4.73. The van der Waals surface area contributed by atoms with Crippen molar-refractivity contribution in [2.45, 2.75) is 52.0 Å². The molecule has 28 heavy (non-hydrogen) atoms. The third-order valence-electron chi connectivity index (χ3n) is 5.77. The van der Waals surface area contributed by atoms with Crippen LogP contribution in [-0.2, 0) is 30.9 Å². The van der Waals surface area contributed by atoms with E-state index in [1.165, 1.54) is 0 Å². The molecule has 2 aromatic rings. The molecule has 0 radical (unpaired) electrons. The van der Waals surface area contributed by atoms with Crippen molar-refractivity contribution < 1.29 is 14.3 Å². The second-order valence-electron chi connectivity index (χ2n) is 7.58. The van der Waals surface area contributed by atoms with Gasteiger partial charge in [0, 0.05) is 31.5 Å². The molecular formula is C21H24N4O3. The van der Waals surface area contributed by atoms with Crippen LogP contribution >= 0.6 is 0 Å². The summed E-state index contributed by atoms with van der Waals surface area (Å²) in [7, 11) is 0. The van der Waals surface area contributed by atoms with E-state index in [0.717, 1.165) is 72.0 Å². The number of carbonyl (C=O) groups excluding carboxylic acids is 1. The predicted octanol–water partition coefficient (Wildman–Crippen LogP) is 2.36. The van der Waals surface area contributed by atoms with E-state index in [1.807, 2.05) is 6.07 Å². The van der Waals surface area contributed by atoms with E-state index in [4.69, 9.17) is 14.5 Å². The van der Waals surface area contributed by atoms with Crippen LogP contribution in [0.1, 0.15) is 52.6 Å². The van der Waals surface area contributed by atoms with Gasteiger partial charge in [-0.05, 0) is 24.1 Å². The number of amides is 1. The number of carbonyl (C=O) groups is 1. The first-order chi connectivity index (χ1) is 13.7. The molecule has 146 valence electrons. The van der Waals surface area contributed by atoms with Gasteiger partial charge >= 0.3 is 0 Å². The first-order valence-electron chi connectivity index (χ1n) is 9.99. The summed E-state index contributed by atoms with van der Waals surface area (Å²) in [6.45, 7) is 5.65. The largest absolute Gasteiger partial charge is 0.489 e. The number of hydrogen-bond donors (Lipinski definition) is 1. The van der Waals surface area contributed by atoms with Crippen molar-refractivity contribution in [2.75, 3.05) is 18.0 Å². The van der Waals surface area contributed by atoms with Gasteiger partial charge in [-0.25, -0.2) is 4.98 Å². The van der Waals surface area contributed by atoms with E-state index < -0.39 is 0 Å². The van der Waals surface area contributed by atoms with E-state index >= 15 is 0 Å². The number of nitrogens with zero attached hydrogens (tertiary/aromatic N) is 3. The maximum atomic E-state index is 11.9. The van der Waals surface area contributed by atoms with Crippen molar-refractivity contribution in [1.82, 2.24) is 15.3 Å². The number of rotatable bonds is 4. The van der Waals surface area contributed by atoms with Crippen molar-refractivity contribution in [1.29, 1.82) is 0 Å². The molecule has 1 amide bonds. The third-order valence-corrected chi connectivity index (χ3v) is 5.77. The van der Waals surface area contributed by atoms with Gasteiger partial charge in [-0.15, -0.1) is 0 Å². The molecule has 1 saturated heterocycles. The maximum absolute atomic E-state index is 11.9. The Balaban J connectivity index is 1.27. The summed E-state index contributed by atoms with van der Waals surface area (Å²) in [5, 5.41) is 2.86. The van der Waals surface area contributed by atoms with Crippen molar-refractivity contribution >= 4 is 11.7 Å². The minimum absolute atomic E-state index is 0.00999. The number of hydrogen-bond acceptors (Lipinski definition) is 6. The Kier molecular flexibility index (Phi) is 4.39. The molecule has 2 aromatic heterocycles.